The molecule has 0 N–H and O–H groups in total. The van der Waals surface area contributed by atoms with Gasteiger partial charge in [-0.05, 0) is 50.5 Å². The summed E-state index contributed by atoms with van der Waals surface area (Å²) in [5.74, 6) is -0.194. The quantitative estimate of drug-likeness (QED) is 0.827. The highest BCUT2D eigenvalue weighted by molar-refractivity contribution is 6.30. The number of hydrogen-bond donors (Lipinski definition) is 0. The van der Waals surface area contributed by atoms with Gasteiger partial charge < -0.3 is 4.84 Å². The fourth-order valence-corrected chi connectivity index (χ4v) is 2.04. The van der Waals surface area contributed by atoms with Gasteiger partial charge in [0.1, 0.15) is 0 Å². The molecule has 0 saturated carbocycles. The number of carbonyl (C=O) groups excluding carboxylic acids is 1. The Morgan fingerprint density at radius 2 is 1.90 bits per heavy atom. The first kappa shape index (κ1) is 15.1. The lowest BCUT2D eigenvalue weighted by atomic mass is 9.97. The minimum atomic E-state index is -0.472. The summed E-state index contributed by atoms with van der Waals surface area (Å²) in [5, 5.41) is 2.46. The van der Waals surface area contributed by atoms with Crippen molar-refractivity contribution in [3.63, 3.8) is 0 Å². The minimum Gasteiger partial charge on any atom is -0.367 e. The molecule has 0 bridgehead atoms. The molecule has 0 aliphatic carbocycles. The molecule has 0 aromatic heterocycles. The Kier molecular flexibility index (Phi) is 4.51. The average Bonchev–Trinajstić information content (AvgIpc) is 2.39. The van der Waals surface area contributed by atoms with Crippen LogP contribution < -0.4 is 0 Å². The number of hydrogen-bond acceptors (Lipinski definition) is 3. The zero-order valence-corrected chi connectivity index (χ0v) is 12.9. The van der Waals surface area contributed by atoms with Crippen LogP contribution in [0, 0.1) is 5.41 Å². The number of halogens is 1. The van der Waals surface area contributed by atoms with E-state index in [2.05, 4.69) is 6.08 Å². The van der Waals surface area contributed by atoms with Crippen LogP contribution in [0.15, 0.2) is 30.3 Å². The van der Waals surface area contributed by atoms with Gasteiger partial charge in [0.05, 0.1) is 12.0 Å². The van der Waals surface area contributed by atoms with E-state index in [9.17, 15) is 4.79 Å². The molecule has 0 radical (unpaired) electrons. The Labute approximate surface area is 125 Å². The molecule has 108 valence electrons. The van der Waals surface area contributed by atoms with E-state index in [1.54, 1.807) is 5.06 Å². The molecule has 1 aliphatic rings. The summed E-state index contributed by atoms with van der Waals surface area (Å²) in [6.45, 7) is 6.91. The van der Waals surface area contributed by atoms with Crippen LogP contribution in [0.2, 0.25) is 5.02 Å². The van der Waals surface area contributed by atoms with Gasteiger partial charge in [-0.1, -0.05) is 29.8 Å². The third-order valence-electron chi connectivity index (χ3n) is 3.21. The van der Waals surface area contributed by atoms with E-state index < -0.39 is 5.41 Å². The molecule has 0 saturated heterocycles. The highest BCUT2D eigenvalue weighted by Gasteiger charge is 2.26. The van der Waals surface area contributed by atoms with Crippen molar-refractivity contribution in [1.82, 2.24) is 5.06 Å². The summed E-state index contributed by atoms with van der Waals surface area (Å²) in [6, 6.07) is 7.82. The molecule has 20 heavy (non-hydrogen) atoms. The predicted molar refractivity (Wildman–Crippen MR) is 81.2 cm³/mol. The number of nitrogens with zero attached hydrogens (tertiary/aromatic N) is 1. The molecular formula is C16H20ClNO2. The van der Waals surface area contributed by atoms with Crippen molar-refractivity contribution in [2.24, 2.45) is 5.41 Å². The molecule has 0 amide bonds. The van der Waals surface area contributed by atoms with Crippen molar-refractivity contribution in [3.05, 3.63) is 40.9 Å². The van der Waals surface area contributed by atoms with Gasteiger partial charge in [-0.15, -0.1) is 5.06 Å². The molecule has 3 nitrogen and oxygen atoms in total. The molecule has 0 fully saturated rings. The first-order valence-electron chi connectivity index (χ1n) is 6.78. The van der Waals surface area contributed by atoms with E-state index in [-0.39, 0.29) is 5.97 Å². The van der Waals surface area contributed by atoms with Gasteiger partial charge in [0.25, 0.3) is 0 Å². The summed E-state index contributed by atoms with van der Waals surface area (Å²) in [4.78, 5) is 17.2. The maximum absolute atomic E-state index is 11.8. The molecule has 1 aromatic carbocycles. The van der Waals surface area contributed by atoms with Gasteiger partial charge in [0.2, 0.25) is 0 Å². The number of carbonyl (C=O) groups is 1. The molecule has 4 heteroatoms. The van der Waals surface area contributed by atoms with Gasteiger partial charge >= 0.3 is 5.97 Å². The van der Waals surface area contributed by atoms with Crippen LogP contribution in [0.3, 0.4) is 0 Å². The topological polar surface area (TPSA) is 29.5 Å². The van der Waals surface area contributed by atoms with E-state index >= 15 is 0 Å². The van der Waals surface area contributed by atoms with Crippen LogP contribution in [0.1, 0.15) is 32.8 Å². The van der Waals surface area contributed by atoms with Crippen LogP contribution in [0.25, 0.3) is 5.57 Å². The van der Waals surface area contributed by atoms with Crippen molar-refractivity contribution in [2.45, 2.75) is 27.2 Å². The van der Waals surface area contributed by atoms with Crippen molar-refractivity contribution >= 4 is 23.1 Å². The van der Waals surface area contributed by atoms with Crippen LogP contribution >= 0.6 is 11.6 Å². The Morgan fingerprint density at radius 1 is 1.25 bits per heavy atom. The fourth-order valence-electron chi connectivity index (χ4n) is 1.91. The van der Waals surface area contributed by atoms with E-state index in [1.807, 2.05) is 45.0 Å². The van der Waals surface area contributed by atoms with Gasteiger partial charge in [-0.25, -0.2) is 4.79 Å². The lowest BCUT2D eigenvalue weighted by Crippen LogP contribution is -2.35. The normalized spacial score (nSPS) is 16.7. The van der Waals surface area contributed by atoms with Gasteiger partial charge in [0.15, 0.2) is 0 Å². The molecule has 1 aliphatic heterocycles. The van der Waals surface area contributed by atoms with E-state index in [4.69, 9.17) is 16.4 Å². The second kappa shape index (κ2) is 5.98. The van der Waals surface area contributed by atoms with Crippen molar-refractivity contribution < 1.29 is 9.63 Å². The number of hydroxylamine groups is 2. The Hall–Kier alpha value is -1.32. The molecule has 0 spiro atoms. The fraction of sp³-hybridized carbons (Fsp3) is 0.438. The zero-order chi connectivity index (χ0) is 14.8. The first-order valence-corrected chi connectivity index (χ1v) is 7.16. The Balaban J connectivity index is 1.97. The third-order valence-corrected chi connectivity index (χ3v) is 3.46. The molecule has 1 aromatic rings. The Bertz CT molecular complexity index is 514. The molecular weight excluding hydrogens is 274 g/mol. The standard InChI is InChI=1S/C16H20ClNO2/c1-16(2,3)15(19)20-18-10-8-13(9-11-18)12-4-6-14(17)7-5-12/h4-8H,9-11H2,1-3H3. The summed E-state index contributed by atoms with van der Waals surface area (Å²) in [5.41, 5.74) is 1.97. The summed E-state index contributed by atoms with van der Waals surface area (Å²) in [6.07, 6.45) is 2.96. The third kappa shape index (κ3) is 3.84. The second-order valence-electron chi connectivity index (χ2n) is 6.00. The molecule has 0 unspecified atom stereocenters. The van der Waals surface area contributed by atoms with E-state index in [1.165, 1.54) is 11.1 Å². The van der Waals surface area contributed by atoms with Crippen LogP contribution in [-0.4, -0.2) is 24.1 Å². The van der Waals surface area contributed by atoms with Gasteiger partial charge in [-0.2, -0.15) is 0 Å². The monoisotopic (exact) mass is 293 g/mol. The number of rotatable bonds is 2. The van der Waals surface area contributed by atoms with Gasteiger partial charge in [-0.3, -0.25) is 0 Å². The van der Waals surface area contributed by atoms with E-state index in [0.717, 1.165) is 18.0 Å². The van der Waals surface area contributed by atoms with Crippen molar-refractivity contribution in [3.8, 4) is 0 Å². The maximum Gasteiger partial charge on any atom is 0.330 e. The van der Waals surface area contributed by atoms with Gasteiger partial charge in [0, 0.05) is 11.6 Å². The SMILES string of the molecule is CC(C)(C)C(=O)ON1CC=C(c2ccc(Cl)cc2)CC1. The lowest BCUT2D eigenvalue weighted by molar-refractivity contribution is -0.198. The highest BCUT2D eigenvalue weighted by atomic mass is 35.5. The smallest absolute Gasteiger partial charge is 0.330 e. The predicted octanol–water partition coefficient (Wildman–Crippen LogP) is 3.93. The van der Waals surface area contributed by atoms with Crippen molar-refractivity contribution in [2.75, 3.05) is 13.1 Å². The molecule has 2 rings (SSSR count). The summed E-state index contributed by atoms with van der Waals surface area (Å²) in [7, 11) is 0. The first-order chi connectivity index (χ1) is 9.36. The minimum absolute atomic E-state index is 0.194. The summed E-state index contributed by atoms with van der Waals surface area (Å²) < 4.78 is 0. The maximum atomic E-state index is 11.8. The van der Waals surface area contributed by atoms with E-state index in [0.29, 0.717) is 6.54 Å². The highest BCUT2D eigenvalue weighted by Crippen LogP contribution is 2.25. The molecule has 0 atom stereocenters. The second-order valence-corrected chi connectivity index (χ2v) is 6.44. The number of benzene rings is 1. The lowest BCUT2D eigenvalue weighted by Gasteiger charge is -2.28. The zero-order valence-electron chi connectivity index (χ0n) is 12.1. The summed E-state index contributed by atoms with van der Waals surface area (Å²) >= 11 is 5.89. The Morgan fingerprint density at radius 3 is 2.40 bits per heavy atom. The van der Waals surface area contributed by atoms with Crippen LogP contribution in [-0.2, 0) is 9.63 Å². The molecule has 1 heterocycles. The van der Waals surface area contributed by atoms with Crippen LogP contribution in [0.5, 0.6) is 0 Å². The average molecular weight is 294 g/mol. The van der Waals surface area contributed by atoms with Crippen molar-refractivity contribution in [1.29, 1.82) is 0 Å². The largest absolute Gasteiger partial charge is 0.367 e. The van der Waals surface area contributed by atoms with Crippen LogP contribution in [0.4, 0.5) is 0 Å².